The molecule has 184 valence electrons. The van der Waals surface area contributed by atoms with E-state index in [4.69, 9.17) is 0 Å². The number of hydrogen-bond acceptors (Lipinski definition) is 6. The fourth-order valence-corrected chi connectivity index (χ4v) is 6.74. The summed E-state index contributed by atoms with van der Waals surface area (Å²) in [6.07, 6.45) is 7.19. The number of halogens is 1. The third kappa shape index (κ3) is 5.76. The van der Waals surface area contributed by atoms with Gasteiger partial charge >= 0.3 is 0 Å². The lowest BCUT2D eigenvalue weighted by Crippen LogP contribution is -2.14. The summed E-state index contributed by atoms with van der Waals surface area (Å²) >= 11 is 1.19. The lowest BCUT2D eigenvalue weighted by Gasteiger charge is -2.12. The van der Waals surface area contributed by atoms with Gasteiger partial charge in [0.25, 0.3) is 10.0 Å². The van der Waals surface area contributed by atoms with Crippen LogP contribution in [0.25, 0.3) is 11.1 Å². The second kappa shape index (κ2) is 10.2. The van der Waals surface area contributed by atoms with E-state index < -0.39 is 15.8 Å². The summed E-state index contributed by atoms with van der Waals surface area (Å²) in [5, 5.41) is 0. The number of sulfonamides is 1. The number of anilines is 1. The second-order valence-electron chi connectivity index (χ2n) is 9.06. The Morgan fingerprint density at radius 1 is 1.06 bits per heavy atom. The molecule has 10 heteroatoms. The van der Waals surface area contributed by atoms with Gasteiger partial charge in [-0.05, 0) is 36.1 Å². The van der Waals surface area contributed by atoms with Crippen molar-refractivity contribution in [3.63, 3.8) is 0 Å². The van der Waals surface area contributed by atoms with E-state index in [0.29, 0.717) is 35.6 Å². The van der Waals surface area contributed by atoms with E-state index >= 15 is 4.39 Å². The number of benzene rings is 1. The fourth-order valence-electron chi connectivity index (χ4n) is 3.83. The van der Waals surface area contributed by atoms with Crippen LogP contribution in [0.4, 0.5) is 10.3 Å². The lowest BCUT2D eigenvalue weighted by molar-refractivity contribution is 0.588. The van der Waals surface area contributed by atoms with E-state index in [2.05, 4.69) is 33.5 Å². The number of nitrogens with one attached hydrogen (secondary N) is 1. The van der Waals surface area contributed by atoms with Crippen molar-refractivity contribution in [3.05, 3.63) is 77.2 Å². The summed E-state index contributed by atoms with van der Waals surface area (Å²) in [7, 11) is -3.98. The van der Waals surface area contributed by atoms with Crippen LogP contribution in [-0.2, 0) is 23.0 Å². The maximum atomic E-state index is 15.2. The van der Waals surface area contributed by atoms with Crippen LogP contribution in [0.1, 0.15) is 49.9 Å². The standard InChI is InChI=1S/C25H28FN5O2S2/c1-16(2)12-20-14-21(24(34-20)35(32,33)30-25-28-8-5-9-29-25)18-6-7-19(22(26)13-18)15-31-11-10-27-23(31)17(3)4/h5-11,13-14,16-17H,12,15H2,1-4H3,(H,28,29,30). The zero-order chi connectivity index (χ0) is 25.2. The first-order valence-corrected chi connectivity index (χ1v) is 13.7. The van der Waals surface area contributed by atoms with Crippen molar-refractivity contribution in [2.24, 2.45) is 5.92 Å². The highest BCUT2D eigenvalue weighted by molar-refractivity contribution is 7.94. The van der Waals surface area contributed by atoms with Crippen LogP contribution in [0.5, 0.6) is 0 Å². The van der Waals surface area contributed by atoms with Gasteiger partial charge < -0.3 is 4.57 Å². The molecule has 3 heterocycles. The molecule has 0 atom stereocenters. The Morgan fingerprint density at radius 3 is 2.46 bits per heavy atom. The van der Waals surface area contributed by atoms with E-state index in [1.54, 1.807) is 24.4 Å². The summed E-state index contributed by atoms with van der Waals surface area (Å²) in [6, 6.07) is 8.32. The normalized spacial score (nSPS) is 12.0. The molecule has 0 unspecified atom stereocenters. The average Bonchev–Trinajstić information content (AvgIpc) is 3.43. The fraction of sp³-hybridized carbons (Fsp3) is 0.320. The van der Waals surface area contributed by atoms with Crippen molar-refractivity contribution in [3.8, 4) is 11.1 Å². The zero-order valence-corrected chi connectivity index (χ0v) is 21.7. The highest BCUT2D eigenvalue weighted by atomic mass is 32.2. The quantitative estimate of drug-likeness (QED) is 0.310. The number of rotatable bonds is 9. The maximum Gasteiger partial charge on any atom is 0.274 e. The van der Waals surface area contributed by atoms with E-state index in [-0.39, 0.29) is 16.1 Å². The minimum atomic E-state index is -3.98. The van der Waals surface area contributed by atoms with E-state index in [0.717, 1.165) is 10.7 Å². The molecule has 0 aliphatic heterocycles. The van der Waals surface area contributed by atoms with Gasteiger partial charge in [0.1, 0.15) is 15.9 Å². The Hall–Kier alpha value is -3.11. The first-order chi connectivity index (χ1) is 16.6. The van der Waals surface area contributed by atoms with Crippen LogP contribution in [0.15, 0.2) is 59.3 Å². The molecule has 4 aromatic rings. The molecule has 4 rings (SSSR count). The minimum Gasteiger partial charge on any atom is -0.330 e. The van der Waals surface area contributed by atoms with Crippen molar-refractivity contribution in [2.45, 2.75) is 50.8 Å². The molecule has 0 aliphatic carbocycles. The summed E-state index contributed by atoms with van der Waals surface area (Å²) < 4.78 is 46.3. The number of nitrogens with zero attached hydrogens (tertiary/aromatic N) is 4. The van der Waals surface area contributed by atoms with Crippen molar-refractivity contribution < 1.29 is 12.8 Å². The van der Waals surface area contributed by atoms with Gasteiger partial charge in [0.05, 0.1) is 6.54 Å². The third-order valence-corrected chi connectivity index (χ3v) is 8.38. The van der Waals surface area contributed by atoms with E-state index in [9.17, 15) is 8.42 Å². The zero-order valence-electron chi connectivity index (χ0n) is 20.1. The monoisotopic (exact) mass is 513 g/mol. The van der Waals surface area contributed by atoms with Gasteiger partial charge in [-0.3, -0.25) is 0 Å². The SMILES string of the molecule is CC(C)Cc1cc(-c2ccc(Cn3ccnc3C(C)C)c(F)c2)c(S(=O)(=O)Nc2ncccn2)s1. The van der Waals surface area contributed by atoms with Crippen LogP contribution < -0.4 is 4.72 Å². The Morgan fingerprint density at radius 2 is 1.80 bits per heavy atom. The predicted octanol–water partition coefficient (Wildman–Crippen LogP) is 5.71. The topological polar surface area (TPSA) is 89.8 Å². The summed E-state index contributed by atoms with van der Waals surface area (Å²) in [6.45, 7) is 8.57. The molecule has 0 radical (unpaired) electrons. The molecular formula is C25H28FN5O2S2. The molecule has 1 N–H and O–H groups in total. The van der Waals surface area contributed by atoms with E-state index in [1.807, 2.05) is 30.7 Å². The number of aromatic nitrogens is 4. The lowest BCUT2D eigenvalue weighted by atomic mass is 10.0. The first kappa shape index (κ1) is 25.0. The van der Waals surface area contributed by atoms with Gasteiger partial charge in [0.15, 0.2) is 0 Å². The summed E-state index contributed by atoms with van der Waals surface area (Å²) in [5.41, 5.74) is 1.47. The molecule has 0 saturated carbocycles. The smallest absolute Gasteiger partial charge is 0.274 e. The Balaban J connectivity index is 1.71. The molecule has 7 nitrogen and oxygen atoms in total. The largest absolute Gasteiger partial charge is 0.330 e. The van der Waals surface area contributed by atoms with Crippen molar-refractivity contribution >= 4 is 27.3 Å². The van der Waals surface area contributed by atoms with Gasteiger partial charge in [0.2, 0.25) is 5.95 Å². The molecule has 0 fully saturated rings. The Bertz CT molecular complexity index is 1410. The van der Waals surface area contributed by atoms with Crippen LogP contribution >= 0.6 is 11.3 Å². The molecule has 0 saturated heterocycles. The van der Waals surface area contributed by atoms with Crippen molar-refractivity contribution in [1.82, 2.24) is 19.5 Å². The predicted molar refractivity (Wildman–Crippen MR) is 137 cm³/mol. The second-order valence-corrected chi connectivity index (χ2v) is 12.1. The summed E-state index contributed by atoms with van der Waals surface area (Å²) in [4.78, 5) is 13.2. The molecule has 0 spiro atoms. The van der Waals surface area contributed by atoms with Gasteiger partial charge in [-0.1, -0.05) is 39.8 Å². The number of thiophene rings is 1. The maximum absolute atomic E-state index is 15.2. The highest BCUT2D eigenvalue weighted by Gasteiger charge is 2.25. The molecule has 0 aliphatic rings. The van der Waals surface area contributed by atoms with Crippen LogP contribution in [0, 0.1) is 11.7 Å². The molecule has 35 heavy (non-hydrogen) atoms. The Labute approximate surface area is 209 Å². The Kier molecular flexibility index (Phi) is 7.32. The highest BCUT2D eigenvalue weighted by Crippen LogP contribution is 2.37. The molecule has 0 bridgehead atoms. The number of imidazole rings is 1. The molecule has 0 amide bonds. The van der Waals surface area contributed by atoms with Gasteiger partial charge in [0, 0.05) is 46.7 Å². The molecule has 3 aromatic heterocycles. The van der Waals surface area contributed by atoms with Crippen molar-refractivity contribution in [1.29, 1.82) is 0 Å². The average molecular weight is 514 g/mol. The molecular weight excluding hydrogens is 485 g/mol. The van der Waals surface area contributed by atoms with Crippen LogP contribution in [0.3, 0.4) is 0 Å². The van der Waals surface area contributed by atoms with Gasteiger partial charge in [-0.2, -0.15) is 0 Å². The van der Waals surface area contributed by atoms with Crippen molar-refractivity contribution in [2.75, 3.05) is 4.72 Å². The molecule has 1 aromatic carbocycles. The summed E-state index contributed by atoms with van der Waals surface area (Å²) in [5.74, 6) is 1.02. The van der Waals surface area contributed by atoms with Crippen LogP contribution in [-0.4, -0.2) is 27.9 Å². The van der Waals surface area contributed by atoms with Crippen LogP contribution in [0.2, 0.25) is 0 Å². The minimum absolute atomic E-state index is 0.0138. The van der Waals surface area contributed by atoms with E-state index in [1.165, 1.54) is 29.8 Å². The van der Waals surface area contributed by atoms with Gasteiger partial charge in [-0.15, -0.1) is 11.3 Å². The third-order valence-electron chi connectivity index (χ3n) is 5.36. The first-order valence-electron chi connectivity index (χ1n) is 11.4. The van der Waals surface area contributed by atoms with Gasteiger partial charge in [-0.25, -0.2) is 32.5 Å². The number of hydrogen-bond donors (Lipinski definition) is 1.